The number of nitrogens with zero attached hydrogens (tertiary/aromatic N) is 4. The standard InChI is InChI=1S/C23H31N7/c24-17-10-12-18(13-11-17)27-23-28-21(25-14-16-6-2-1-3-7-16)20-22(29-23)30(15-26-20)19-8-4-5-9-19/h1-3,6-7,15,17-19H,4-5,8-14,24H2,(H2,25,27,28,29). The molecule has 0 atom stereocenters. The van der Waals surface area contributed by atoms with Crippen LogP contribution in [0, 0.1) is 0 Å². The minimum atomic E-state index is 0.332. The number of hydrogen-bond donors (Lipinski definition) is 3. The molecule has 5 rings (SSSR count). The second-order valence-corrected chi connectivity index (χ2v) is 8.75. The first-order valence-electron chi connectivity index (χ1n) is 11.3. The lowest BCUT2D eigenvalue weighted by Crippen LogP contribution is -2.33. The summed E-state index contributed by atoms with van der Waals surface area (Å²) >= 11 is 0. The van der Waals surface area contributed by atoms with E-state index in [1.807, 2.05) is 12.4 Å². The Morgan fingerprint density at radius 3 is 2.50 bits per heavy atom. The van der Waals surface area contributed by atoms with Crippen LogP contribution in [-0.4, -0.2) is 31.6 Å². The Balaban J connectivity index is 1.45. The highest BCUT2D eigenvalue weighted by molar-refractivity contribution is 5.84. The second kappa shape index (κ2) is 8.60. The topological polar surface area (TPSA) is 93.7 Å². The summed E-state index contributed by atoms with van der Waals surface area (Å²) < 4.78 is 2.26. The summed E-state index contributed by atoms with van der Waals surface area (Å²) in [5, 5.41) is 7.09. The van der Waals surface area contributed by atoms with Crippen LogP contribution >= 0.6 is 0 Å². The van der Waals surface area contributed by atoms with Crippen molar-refractivity contribution in [1.82, 2.24) is 19.5 Å². The van der Waals surface area contributed by atoms with Crippen LogP contribution in [0.1, 0.15) is 63.0 Å². The van der Waals surface area contributed by atoms with Gasteiger partial charge >= 0.3 is 0 Å². The number of hydrogen-bond acceptors (Lipinski definition) is 6. The smallest absolute Gasteiger partial charge is 0.227 e. The zero-order valence-electron chi connectivity index (χ0n) is 17.4. The van der Waals surface area contributed by atoms with Crippen LogP contribution in [0.25, 0.3) is 11.2 Å². The van der Waals surface area contributed by atoms with Crippen molar-refractivity contribution >= 4 is 22.9 Å². The molecule has 4 N–H and O–H groups in total. The first-order valence-corrected chi connectivity index (χ1v) is 11.3. The summed E-state index contributed by atoms with van der Waals surface area (Å²) in [6.07, 6.45) is 11.2. The van der Waals surface area contributed by atoms with Crippen molar-refractivity contribution in [3.05, 3.63) is 42.2 Å². The lowest BCUT2D eigenvalue weighted by Gasteiger charge is -2.27. The van der Waals surface area contributed by atoms with Gasteiger partial charge in [0, 0.05) is 24.7 Å². The highest BCUT2D eigenvalue weighted by atomic mass is 15.2. The third-order valence-electron chi connectivity index (χ3n) is 6.55. The van der Waals surface area contributed by atoms with Gasteiger partial charge in [0.25, 0.3) is 0 Å². The van der Waals surface area contributed by atoms with E-state index in [1.165, 1.54) is 31.2 Å². The molecular weight excluding hydrogens is 374 g/mol. The number of aromatic nitrogens is 4. The number of nitrogens with two attached hydrogens (primary N) is 1. The third-order valence-corrected chi connectivity index (χ3v) is 6.55. The van der Waals surface area contributed by atoms with Gasteiger partial charge in [0.15, 0.2) is 17.0 Å². The van der Waals surface area contributed by atoms with Gasteiger partial charge in [0.2, 0.25) is 5.95 Å². The molecule has 1 aromatic carbocycles. The predicted molar refractivity (Wildman–Crippen MR) is 120 cm³/mol. The molecule has 0 amide bonds. The molecule has 0 spiro atoms. The van der Waals surface area contributed by atoms with Crippen molar-refractivity contribution in [2.24, 2.45) is 5.73 Å². The molecule has 7 nitrogen and oxygen atoms in total. The number of imidazole rings is 1. The molecule has 7 heteroatoms. The van der Waals surface area contributed by atoms with Crippen molar-refractivity contribution in [3.63, 3.8) is 0 Å². The fourth-order valence-electron chi connectivity index (χ4n) is 4.78. The summed E-state index contributed by atoms with van der Waals surface area (Å²) in [5.74, 6) is 1.49. The third kappa shape index (κ3) is 4.12. The molecule has 2 saturated carbocycles. The maximum absolute atomic E-state index is 6.08. The summed E-state index contributed by atoms with van der Waals surface area (Å²) in [7, 11) is 0. The number of nitrogens with one attached hydrogen (secondary N) is 2. The average molecular weight is 406 g/mol. The first-order chi connectivity index (χ1) is 14.8. The fourth-order valence-corrected chi connectivity index (χ4v) is 4.78. The molecule has 0 unspecified atom stereocenters. The molecule has 3 aromatic rings. The average Bonchev–Trinajstić information content (AvgIpc) is 3.44. The van der Waals surface area contributed by atoms with Crippen LogP contribution in [0.4, 0.5) is 11.8 Å². The molecule has 2 heterocycles. The van der Waals surface area contributed by atoms with Gasteiger partial charge in [-0.05, 0) is 44.1 Å². The number of benzene rings is 1. The Morgan fingerprint density at radius 1 is 0.967 bits per heavy atom. The maximum atomic E-state index is 6.08. The quantitative estimate of drug-likeness (QED) is 0.568. The summed E-state index contributed by atoms with van der Waals surface area (Å²) in [6, 6.07) is 11.6. The molecule has 2 fully saturated rings. The Labute approximate surface area is 177 Å². The van der Waals surface area contributed by atoms with Crippen LogP contribution in [0.3, 0.4) is 0 Å². The van der Waals surface area contributed by atoms with Gasteiger partial charge in [-0.15, -0.1) is 0 Å². The van der Waals surface area contributed by atoms with Gasteiger partial charge in [-0.1, -0.05) is 43.2 Å². The molecule has 158 valence electrons. The maximum Gasteiger partial charge on any atom is 0.227 e. The summed E-state index contributed by atoms with van der Waals surface area (Å²) in [5.41, 5.74) is 9.09. The van der Waals surface area contributed by atoms with Crippen molar-refractivity contribution < 1.29 is 0 Å². The zero-order valence-corrected chi connectivity index (χ0v) is 17.4. The van der Waals surface area contributed by atoms with E-state index >= 15 is 0 Å². The molecule has 2 aromatic heterocycles. The van der Waals surface area contributed by atoms with Crippen molar-refractivity contribution in [2.75, 3.05) is 10.6 Å². The highest BCUT2D eigenvalue weighted by Crippen LogP contribution is 2.33. The largest absolute Gasteiger partial charge is 0.364 e. The van der Waals surface area contributed by atoms with Gasteiger partial charge in [-0.2, -0.15) is 9.97 Å². The van der Waals surface area contributed by atoms with E-state index < -0.39 is 0 Å². The molecule has 30 heavy (non-hydrogen) atoms. The minimum absolute atomic E-state index is 0.332. The lowest BCUT2D eigenvalue weighted by atomic mass is 9.92. The molecule has 2 aliphatic carbocycles. The van der Waals surface area contributed by atoms with Crippen molar-refractivity contribution in [3.8, 4) is 0 Å². The van der Waals surface area contributed by atoms with Gasteiger partial charge < -0.3 is 20.9 Å². The summed E-state index contributed by atoms with van der Waals surface area (Å²) in [4.78, 5) is 14.4. The number of anilines is 2. The van der Waals surface area contributed by atoms with Gasteiger partial charge in [-0.3, -0.25) is 0 Å². The Kier molecular flexibility index (Phi) is 5.53. The molecular formula is C23H31N7. The van der Waals surface area contributed by atoms with Gasteiger partial charge in [0.1, 0.15) is 0 Å². The second-order valence-electron chi connectivity index (χ2n) is 8.75. The van der Waals surface area contributed by atoms with Crippen LogP contribution in [0.5, 0.6) is 0 Å². The number of rotatable bonds is 6. The monoisotopic (exact) mass is 405 g/mol. The fraction of sp³-hybridized carbons (Fsp3) is 0.522. The zero-order chi connectivity index (χ0) is 20.3. The molecule has 2 aliphatic rings. The molecule has 0 bridgehead atoms. The Morgan fingerprint density at radius 2 is 1.73 bits per heavy atom. The van der Waals surface area contributed by atoms with E-state index in [9.17, 15) is 0 Å². The van der Waals surface area contributed by atoms with Gasteiger partial charge in [0.05, 0.1) is 6.33 Å². The molecule has 0 saturated heterocycles. The predicted octanol–water partition coefficient (Wildman–Crippen LogP) is 4.24. The summed E-state index contributed by atoms with van der Waals surface area (Å²) in [6.45, 7) is 0.709. The van der Waals surface area contributed by atoms with E-state index in [4.69, 9.17) is 20.7 Å². The van der Waals surface area contributed by atoms with E-state index in [1.54, 1.807) is 0 Å². The van der Waals surface area contributed by atoms with E-state index in [0.717, 1.165) is 42.7 Å². The van der Waals surface area contributed by atoms with Gasteiger partial charge in [-0.25, -0.2) is 4.98 Å². The Bertz CT molecular complexity index is 970. The van der Waals surface area contributed by atoms with Crippen LogP contribution < -0.4 is 16.4 Å². The normalized spacial score (nSPS) is 22.4. The first kappa shape index (κ1) is 19.3. The minimum Gasteiger partial charge on any atom is -0.364 e. The molecule has 0 radical (unpaired) electrons. The van der Waals surface area contributed by atoms with Crippen molar-refractivity contribution in [1.29, 1.82) is 0 Å². The van der Waals surface area contributed by atoms with E-state index in [-0.39, 0.29) is 0 Å². The Hall–Kier alpha value is -2.67. The van der Waals surface area contributed by atoms with Crippen LogP contribution in [0.2, 0.25) is 0 Å². The van der Waals surface area contributed by atoms with Crippen LogP contribution in [0.15, 0.2) is 36.7 Å². The lowest BCUT2D eigenvalue weighted by molar-refractivity contribution is 0.410. The van der Waals surface area contributed by atoms with E-state index in [2.05, 4.69) is 39.5 Å². The van der Waals surface area contributed by atoms with E-state index in [0.29, 0.717) is 30.6 Å². The molecule has 0 aliphatic heterocycles. The van der Waals surface area contributed by atoms with Crippen molar-refractivity contribution in [2.45, 2.75) is 76.0 Å². The SMILES string of the molecule is NC1CCC(Nc2nc(NCc3ccccc3)c3ncn(C4CCCC4)c3n2)CC1. The van der Waals surface area contributed by atoms with Crippen LogP contribution in [-0.2, 0) is 6.54 Å². The highest BCUT2D eigenvalue weighted by Gasteiger charge is 2.23. The number of fused-ring (bicyclic) bond motifs is 1.